The van der Waals surface area contributed by atoms with Crippen molar-refractivity contribution in [3.63, 3.8) is 0 Å². The number of carbonyl (C=O) groups is 3. The van der Waals surface area contributed by atoms with E-state index in [2.05, 4.69) is 11.5 Å². The van der Waals surface area contributed by atoms with Crippen LogP contribution in [0.5, 0.6) is 0 Å². The monoisotopic (exact) mass is 237 g/mol. The number of carboxylic acids is 1. The van der Waals surface area contributed by atoms with Crippen molar-refractivity contribution in [2.75, 3.05) is 0 Å². The normalized spacial score (nSPS) is 8.20. The third-order valence-corrected chi connectivity index (χ3v) is 0.820. The SMILES string of the molecule is NC(=O)NC(NC(N)=O)C(=O)O.[OH][Al][OH]. The van der Waals surface area contributed by atoms with Gasteiger partial charge in [-0.3, -0.25) is 0 Å². The van der Waals surface area contributed by atoms with Crippen LogP contribution in [0, 0.1) is 0 Å². The first-order valence-electron chi connectivity index (χ1n) is 3.30. The zero-order chi connectivity index (χ0) is 12.4. The highest BCUT2D eigenvalue weighted by Crippen LogP contribution is 1.76. The molecule has 0 aliphatic carbocycles. The molecule has 11 heteroatoms. The largest absolute Gasteiger partial charge is 0.662 e. The van der Waals surface area contributed by atoms with E-state index in [1.165, 1.54) is 0 Å². The molecule has 9 N–H and O–H groups in total. The molecule has 0 aromatic heterocycles. The number of nitrogens with two attached hydrogens (primary N) is 2. The molecule has 0 saturated heterocycles. The minimum Gasteiger partial charge on any atom is -0.499 e. The van der Waals surface area contributed by atoms with Crippen molar-refractivity contribution in [2.45, 2.75) is 6.17 Å². The number of rotatable bonds is 3. The van der Waals surface area contributed by atoms with Crippen LogP contribution in [-0.4, -0.2) is 53.5 Å². The van der Waals surface area contributed by atoms with Gasteiger partial charge in [0.25, 0.3) is 0 Å². The first kappa shape index (κ1) is 15.9. The topological polar surface area (TPSA) is 188 Å². The summed E-state index contributed by atoms with van der Waals surface area (Å²) in [6.07, 6.45) is -1.60. The molecule has 0 fully saturated rings. The van der Waals surface area contributed by atoms with Crippen LogP contribution in [0.3, 0.4) is 0 Å². The standard InChI is InChI=1S/C4H8N4O4.Al.2H2O/c5-3(11)7-1(2(9)10)8-4(6)12;;;/h1H,(H,9,10)(H3,5,7,11)(H3,6,8,12);;2*1H2/q;+2;;/p-2. The van der Waals surface area contributed by atoms with Gasteiger partial charge in [0.2, 0.25) is 6.17 Å². The van der Waals surface area contributed by atoms with E-state index in [4.69, 9.17) is 13.4 Å². The lowest BCUT2D eigenvalue weighted by atomic mass is 10.5. The van der Waals surface area contributed by atoms with Crippen LogP contribution in [-0.2, 0) is 4.79 Å². The highest BCUT2D eigenvalue weighted by Gasteiger charge is 2.19. The highest BCUT2D eigenvalue weighted by molar-refractivity contribution is 6.13. The predicted octanol–water partition coefficient (Wildman–Crippen LogP) is -3.76. The van der Waals surface area contributed by atoms with Crippen LogP contribution in [0.4, 0.5) is 9.59 Å². The molecule has 0 aromatic carbocycles. The second kappa shape index (κ2) is 9.03. The van der Waals surface area contributed by atoms with Crippen LogP contribution >= 0.6 is 0 Å². The van der Waals surface area contributed by atoms with Gasteiger partial charge in [-0.1, -0.05) is 0 Å². The van der Waals surface area contributed by atoms with Crippen LogP contribution in [0.1, 0.15) is 0 Å². The number of hydrogen-bond donors (Lipinski definition) is 7. The first-order valence-corrected chi connectivity index (χ1v) is 4.33. The molecule has 0 aromatic rings. The van der Waals surface area contributed by atoms with Crippen molar-refractivity contribution < 1.29 is 27.8 Å². The van der Waals surface area contributed by atoms with E-state index in [0.717, 1.165) is 0 Å². The van der Waals surface area contributed by atoms with E-state index >= 15 is 0 Å². The number of primary amides is 2. The maximum atomic E-state index is 10.2. The molecule has 0 unspecified atom stereocenters. The maximum Gasteiger partial charge on any atom is 0.662 e. The second-order valence-electron chi connectivity index (χ2n) is 1.90. The summed E-state index contributed by atoms with van der Waals surface area (Å²) in [5.74, 6) is -1.47. The van der Waals surface area contributed by atoms with Gasteiger partial charge in [0.1, 0.15) is 0 Å². The summed E-state index contributed by atoms with van der Waals surface area (Å²) in [5, 5.41) is 11.8. The van der Waals surface area contributed by atoms with E-state index in [1.807, 2.05) is 0 Å². The summed E-state index contributed by atoms with van der Waals surface area (Å²) in [4.78, 5) is 30.5. The van der Waals surface area contributed by atoms with E-state index in [-0.39, 0.29) is 0 Å². The van der Waals surface area contributed by atoms with Gasteiger partial charge in [-0.05, 0) is 0 Å². The second-order valence-corrected chi connectivity index (χ2v) is 2.13. The highest BCUT2D eigenvalue weighted by atomic mass is 27.2. The van der Waals surface area contributed by atoms with Gasteiger partial charge >= 0.3 is 33.9 Å². The van der Waals surface area contributed by atoms with Gasteiger partial charge in [0.15, 0.2) is 0 Å². The Labute approximate surface area is 90.6 Å². The number of nitrogens with one attached hydrogen (secondary N) is 2. The van der Waals surface area contributed by atoms with Gasteiger partial charge < -0.3 is 35.5 Å². The summed E-state index contributed by atoms with van der Waals surface area (Å²) in [5.41, 5.74) is 9.20. The fourth-order valence-corrected chi connectivity index (χ4v) is 0.444. The number of carboxylic acid groups (broad SMARTS) is 1. The molecular formula is C4H10AlN4O6. The van der Waals surface area contributed by atoms with E-state index in [9.17, 15) is 14.4 Å². The van der Waals surface area contributed by atoms with E-state index < -0.39 is 40.1 Å². The average molecular weight is 237 g/mol. The Balaban J connectivity index is 0. The minimum atomic E-state index is -1.60. The summed E-state index contributed by atoms with van der Waals surface area (Å²) >= 11 is -1.25. The van der Waals surface area contributed by atoms with Crippen molar-refractivity contribution in [3.05, 3.63) is 0 Å². The zero-order valence-electron chi connectivity index (χ0n) is 7.38. The first-order chi connectivity index (χ1) is 6.84. The van der Waals surface area contributed by atoms with Crippen molar-refractivity contribution in [3.8, 4) is 0 Å². The average Bonchev–Trinajstić information content (AvgIpc) is 2.02. The lowest BCUT2D eigenvalue weighted by Gasteiger charge is -2.12. The molecular weight excluding hydrogens is 227 g/mol. The van der Waals surface area contributed by atoms with Crippen LogP contribution in [0.25, 0.3) is 0 Å². The van der Waals surface area contributed by atoms with Gasteiger partial charge in [-0.15, -0.1) is 0 Å². The van der Waals surface area contributed by atoms with Gasteiger partial charge in [-0.2, -0.15) is 0 Å². The predicted molar refractivity (Wildman–Crippen MR) is 47.1 cm³/mol. The van der Waals surface area contributed by atoms with E-state index in [0.29, 0.717) is 0 Å². The Hall–Kier alpha value is -1.54. The molecule has 0 rings (SSSR count). The molecule has 0 atom stereocenters. The van der Waals surface area contributed by atoms with Crippen LogP contribution in [0.15, 0.2) is 0 Å². The number of urea groups is 2. The Morgan fingerprint density at radius 2 is 1.33 bits per heavy atom. The van der Waals surface area contributed by atoms with Crippen molar-refractivity contribution in [1.29, 1.82) is 0 Å². The molecule has 4 amide bonds. The summed E-state index contributed by atoms with van der Waals surface area (Å²) in [6.45, 7) is 0. The van der Waals surface area contributed by atoms with Gasteiger partial charge in [0.05, 0.1) is 0 Å². The minimum absolute atomic E-state index is 1.07. The number of aliphatic carboxylic acids is 1. The maximum absolute atomic E-state index is 10.2. The molecule has 0 saturated carbocycles. The summed E-state index contributed by atoms with van der Waals surface area (Å²) in [6, 6.07) is -2.15. The molecule has 85 valence electrons. The van der Waals surface area contributed by atoms with Crippen molar-refractivity contribution >= 4 is 33.9 Å². The molecule has 0 aliphatic heterocycles. The molecule has 15 heavy (non-hydrogen) atoms. The Kier molecular flexibility index (Phi) is 9.59. The number of hydrogen-bond acceptors (Lipinski definition) is 5. The van der Waals surface area contributed by atoms with Gasteiger partial charge in [0, 0.05) is 0 Å². The van der Waals surface area contributed by atoms with Crippen LogP contribution in [0.2, 0.25) is 0 Å². The van der Waals surface area contributed by atoms with E-state index in [1.54, 1.807) is 10.6 Å². The Bertz CT molecular complexity index is 219. The van der Waals surface area contributed by atoms with Crippen molar-refractivity contribution in [2.24, 2.45) is 11.5 Å². The third-order valence-electron chi connectivity index (χ3n) is 0.820. The van der Waals surface area contributed by atoms with Gasteiger partial charge in [-0.25, -0.2) is 14.4 Å². The number of amides is 4. The quantitative estimate of drug-likeness (QED) is 0.195. The molecule has 0 aliphatic rings. The lowest BCUT2D eigenvalue weighted by Crippen LogP contribution is -2.55. The summed E-state index contributed by atoms with van der Waals surface area (Å²) in [7, 11) is 0. The third kappa shape index (κ3) is 12.5. The Morgan fingerprint density at radius 1 is 1.07 bits per heavy atom. The molecule has 0 spiro atoms. The molecule has 10 nitrogen and oxygen atoms in total. The summed E-state index contributed by atoms with van der Waals surface area (Å²) < 4.78 is 14.4. The molecule has 1 radical (unpaired) electrons. The zero-order valence-corrected chi connectivity index (χ0v) is 8.53. The smallest absolute Gasteiger partial charge is 0.499 e. The fourth-order valence-electron chi connectivity index (χ4n) is 0.444. The molecule has 0 bridgehead atoms. The fraction of sp³-hybridized carbons (Fsp3) is 0.250. The number of carbonyl (C=O) groups excluding carboxylic acids is 2. The van der Waals surface area contributed by atoms with Crippen molar-refractivity contribution in [1.82, 2.24) is 10.6 Å². The van der Waals surface area contributed by atoms with Crippen LogP contribution < -0.4 is 22.1 Å². The molecule has 0 heterocycles. The Morgan fingerprint density at radius 3 is 1.47 bits per heavy atom. The lowest BCUT2D eigenvalue weighted by molar-refractivity contribution is -0.139.